The van der Waals surface area contributed by atoms with Crippen LogP contribution in [0.2, 0.25) is 0 Å². The highest BCUT2D eigenvalue weighted by molar-refractivity contribution is 7.16. The summed E-state index contributed by atoms with van der Waals surface area (Å²) in [6.07, 6.45) is 0.230. The average Bonchev–Trinajstić information content (AvgIpc) is 2.98. The van der Waals surface area contributed by atoms with Gasteiger partial charge in [-0.25, -0.2) is 4.79 Å². The van der Waals surface area contributed by atoms with E-state index in [2.05, 4.69) is 24.3 Å². The van der Waals surface area contributed by atoms with Crippen LogP contribution in [-0.2, 0) is 22.5 Å². The molecule has 0 saturated carbocycles. The molecule has 0 fully saturated rings. The number of rotatable bonds is 7. The molecule has 7 heteroatoms. The number of aryl methyl sites for hydroxylation is 2. The summed E-state index contributed by atoms with van der Waals surface area (Å²) in [6.45, 7) is 14.9. The fourth-order valence-electron chi connectivity index (χ4n) is 3.01. The largest absolute Gasteiger partial charge is 0.462 e. The lowest BCUT2D eigenvalue weighted by Gasteiger charge is -2.09. The first-order chi connectivity index (χ1) is 12.6. The number of carbonyl (C=O) groups excluding carboxylic acids is 2. The Bertz CT molecular complexity index is 849. The molecule has 1 N–H and O–H groups in total. The van der Waals surface area contributed by atoms with Gasteiger partial charge in [-0.15, -0.1) is 11.3 Å². The minimum atomic E-state index is -0.397. The normalized spacial score (nSPS) is 11.1. The molecule has 0 bridgehead atoms. The van der Waals surface area contributed by atoms with Crippen molar-refractivity contribution >= 4 is 28.2 Å². The minimum absolute atomic E-state index is 0.155. The Labute approximate surface area is 164 Å². The predicted molar refractivity (Wildman–Crippen MR) is 109 cm³/mol. The lowest BCUT2D eigenvalue weighted by molar-refractivity contribution is -0.115. The van der Waals surface area contributed by atoms with E-state index < -0.39 is 5.97 Å². The first-order valence-corrected chi connectivity index (χ1v) is 10.1. The van der Waals surface area contributed by atoms with Gasteiger partial charge in [-0.05, 0) is 46.1 Å². The van der Waals surface area contributed by atoms with Crippen molar-refractivity contribution in [2.24, 2.45) is 5.92 Å². The lowest BCUT2D eigenvalue weighted by Crippen LogP contribution is -2.17. The molecule has 0 aromatic carbocycles. The highest BCUT2D eigenvalue weighted by Gasteiger charge is 2.23. The monoisotopic (exact) mass is 391 g/mol. The number of carbonyl (C=O) groups is 2. The molecule has 0 saturated heterocycles. The van der Waals surface area contributed by atoms with Gasteiger partial charge in [0.05, 0.1) is 24.3 Å². The van der Waals surface area contributed by atoms with E-state index in [9.17, 15) is 9.59 Å². The molecule has 6 nitrogen and oxygen atoms in total. The Hall–Kier alpha value is -2.15. The van der Waals surface area contributed by atoms with E-state index in [4.69, 9.17) is 4.74 Å². The SMILES string of the molecule is CCOC(=O)c1c(NC(=O)Cc2c(C)nn(CC(C)C)c2C)sc(C)c1C. The van der Waals surface area contributed by atoms with E-state index in [0.29, 0.717) is 23.1 Å². The van der Waals surface area contributed by atoms with Crippen LogP contribution in [-0.4, -0.2) is 28.3 Å². The maximum Gasteiger partial charge on any atom is 0.341 e. The van der Waals surface area contributed by atoms with Crippen LogP contribution in [0.4, 0.5) is 5.00 Å². The van der Waals surface area contributed by atoms with Crippen LogP contribution >= 0.6 is 11.3 Å². The Balaban J connectivity index is 2.21. The quantitative estimate of drug-likeness (QED) is 0.718. The zero-order valence-electron chi connectivity index (χ0n) is 17.2. The Morgan fingerprint density at radius 3 is 2.48 bits per heavy atom. The second-order valence-corrected chi connectivity index (χ2v) is 8.38. The number of esters is 1. The van der Waals surface area contributed by atoms with Crippen molar-refractivity contribution in [3.05, 3.63) is 33.0 Å². The first-order valence-electron chi connectivity index (χ1n) is 9.25. The smallest absolute Gasteiger partial charge is 0.341 e. The molecule has 148 valence electrons. The molecular formula is C20H29N3O3S. The van der Waals surface area contributed by atoms with Crippen LogP contribution in [0, 0.1) is 33.6 Å². The summed E-state index contributed by atoms with van der Waals surface area (Å²) in [5.41, 5.74) is 4.13. The Kier molecular flexibility index (Phi) is 6.81. The molecular weight excluding hydrogens is 362 g/mol. The van der Waals surface area contributed by atoms with Gasteiger partial charge in [-0.1, -0.05) is 13.8 Å². The van der Waals surface area contributed by atoms with Crippen molar-refractivity contribution in [2.45, 2.75) is 61.4 Å². The van der Waals surface area contributed by atoms with Gasteiger partial charge in [0, 0.05) is 22.7 Å². The van der Waals surface area contributed by atoms with Gasteiger partial charge in [-0.3, -0.25) is 9.48 Å². The molecule has 0 aliphatic heterocycles. The maximum atomic E-state index is 12.7. The van der Waals surface area contributed by atoms with E-state index in [1.807, 2.05) is 32.4 Å². The van der Waals surface area contributed by atoms with Gasteiger partial charge >= 0.3 is 5.97 Å². The lowest BCUT2D eigenvalue weighted by atomic mass is 10.1. The van der Waals surface area contributed by atoms with Crippen molar-refractivity contribution < 1.29 is 14.3 Å². The summed E-state index contributed by atoms with van der Waals surface area (Å²) < 4.78 is 7.11. The molecule has 2 aromatic heterocycles. The first kappa shape index (κ1) is 21.2. The summed E-state index contributed by atoms with van der Waals surface area (Å²) in [7, 11) is 0. The molecule has 0 spiro atoms. The number of aromatic nitrogens is 2. The molecule has 0 radical (unpaired) electrons. The maximum absolute atomic E-state index is 12.7. The van der Waals surface area contributed by atoms with Crippen molar-refractivity contribution in [1.29, 1.82) is 0 Å². The van der Waals surface area contributed by atoms with Gasteiger partial charge in [0.15, 0.2) is 0 Å². The number of hydrogen-bond donors (Lipinski definition) is 1. The number of hydrogen-bond acceptors (Lipinski definition) is 5. The molecule has 0 aliphatic carbocycles. The van der Waals surface area contributed by atoms with Crippen molar-refractivity contribution in [1.82, 2.24) is 9.78 Å². The van der Waals surface area contributed by atoms with Crippen LogP contribution in [0.15, 0.2) is 0 Å². The standard InChI is InChI=1S/C20H29N3O3S/c1-8-26-20(25)18-12(4)15(7)27-19(18)21-17(24)9-16-13(5)22-23(14(16)6)10-11(2)3/h11H,8-10H2,1-7H3,(H,21,24). The van der Waals surface area contributed by atoms with Crippen molar-refractivity contribution in [2.75, 3.05) is 11.9 Å². The molecule has 27 heavy (non-hydrogen) atoms. The van der Waals surface area contributed by atoms with Crippen molar-refractivity contribution in [3.8, 4) is 0 Å². The Morgan fingerprint density at radius 2 is 1.89 bits per heavy atom. The number of nitrogens with one attached hydrogen (secondary N) is 1. The van der Waals surface area contributed by atoms with Gasteiger partial charge in [0.1, 0.15) is 5.00 Å². The highest BCUT2D eigenvalue weighted by atomic mass is 32.1. The van der Waals surface area contributed by atoms with Crippen molar-refractivity contribution in [3.63, 3.8) is 0 Å². The van der Waals surface area contributed by atoms with Crippen LogP contribution in [0.3, 0.4) is 0 Å². The molecule has 1 amide bonds. The van der Waals surface area contributed by atoms with Crippen LogP contribution < -0.4 is 5.32 Å². The number of thiophene rings is 1. The summed E-state index contributed by atoms with van der Waals surface area (Å²) in [6, 6.07) is 0. The average molecular weight is 392 g/mol. The van der Waals surface area contributed by atoms with E-state index in [1.165, 1.54) is 11.3 Å². The Morgan fingerprint density at radius 1 is 1.22 bits per heavy atom. The predicted octanol–water partition coefficient (Wildman–Crippen LogP) is 4.19. The van der Waals surface area contributed by atoms with E-state index >= 15 is 0 Å². The molecule has 0 atom stereocenters. The highest BCUT2D eigenvalue weighted by Crippen LogP contribution is 2.33. The summed E-state index contributed by atoms with van der Waals surface area (Å²) >= 11 is 1.40. The number of anilines is 1. The number of nitrogens with zero attached hydrogens (tertiary/aromatic N) is 2. The van der Waals surface area contributed by atoms with E-state index in [-0.39, 0.29) is 12.3 Å². The molecule has 2 aromatic rings. The van der Waals surface area contributed by atoms with E-state index in [0.717, 1.165) is 33.9 Å². The molecule has 0 aliphatic rings. The fourth-order valence-corrected chi connectivity index (χ4v) is 4.07. The molecule has 2 rings (SSSR count). The van der Waals surface area contributed by atoms with Crippen LogP contribution in [0.25, 0.3) is 0 Å². The third-order valence-corrected chi connectivity index (χ3v) is 5.65. The zero-order valence-corrected chi connectivity index (χ0v) is 18.0. The van der Waals surface area contributed by atoms with Crippen LogP contribution in [0.5, 0.6) is 0 Å². The third-order valence-electron chi connectivity index (χ3n) is 4.52. The fraction of sp³-hybridized carbons (Fsp3) is 0.550. The second-order valence-electron chi connectivity index (χ2n) is 7.16. The van der Waals surface area contributed by atoms with Gasteiger partial charge in [0.25, 0.3) is 0 Å². The summed E-state index contributed by atoms with van der Waals surface area (Å²) in [5, 5.41) is 8.02. The van der Waals surface area contributed by atoms with Gasteiger partial charge in [0.2, 0.25) is 5.91 Å². The topological polar surface area (TPSA) is 73.2 Å². The number of amides is 1. The minimum Gasteiger partial charge on any atom is -0.462 e. The second kappa shape index (κ2) is 8.69. The van der Waals surface area contributed by atoms with Gasteiger partial charge in [-0.2, -0.15) is 5.10 Å². The summed E-state index contributed by atoms with van der Waals surface area (Å²) in [5.74, 6) is -0.0715. The molecule has 0 unspecified atom stereocenters. The van der Waals surface area contributed by atoms with E-state index in [1.54, 1.807) is 6.92 Å². The summed E-state index contributed by atoms with van der Waals surface area (Å²) in [4.78, 5) is 25.9. The third kappa shape index (κ3) is 4.77. The van der Waals surface area contributed by atoms with Gasteiger partial charge < -0.3 is 10.1 Å². The zero-order chi connectivity index (χ0) is 20.3. The molecule has 2 heterocycles. The number of ether oxygens (including phenoxy) is 1. The van der Waals surface area contributed by atoms with Crippen LogP contribution in [0.1, 0.15) is 58.5 Å².